The van der Waals surface area contributed by atoms with Crippen LogP contribution in [0, 0.1) is 13.8 Å². The molecule has 4 aromatic carbocycles. The predicted molar refractivity (Wildman–Crippen MR) is 195 cm³/mol. The lowest BCUT2D eigenvalue weighted by molar-refractivity contribution is -0.117. The van der Waals surface area contributed by atoms with Crippen LogP contribution in [0.4, 0.5) is 11.4 Å². The number of alkyl halides is 2. The second kappa shape index (κ2) is 15.6. The number of nitrogens with zero attached hydrogens (tertiary/aromatic N) is 2. The van der Waals surface area contributed by atoms with E-state index in [1.807, 2.05) is 111 Å². The van der Waals surface area contributed by atoms with Gasteiger partial charge in [-0.15, -0.1) is 23.2 Å². The Morgan fingerprint density at radius 1 is 0.562 bits per heavy atom. The Balaban J connectivity index is 0.000000188. The first kappa shape index (κ1) is 34.2. The van der Waals surface area contributed by atoms with Gasteiger partial charge in [0.15, 0.2) is 0 Å². The van der Waals surface area contributed by atoms with Gasteiger partial charge in [-0.05, 0) is 66.9 Å². The fourth-order valence-corrected chi connectivity index (χ4v) is 5.76. The Hall–Kier alpha value is -5.18. The molecule has 2 N–H and O–H groups in total. The molecule has 2 aromatic heterocycles. The molecule has 10 heteroatoms. The van der Waals surface area contributed by atoms with Gasteiger partial charge in [0.1, 0.15) is 11.8 Å². The summed E-state index contributed by atoms with van der Waals surface area (Å²) in [7, 11) is 0. The number of hydrogen-bond donors (Lipinski definition) is 2. The number of H-pyrrole nitrogens is 2. The number of halogens is 2. The molecule has 2 amide bonds. The summed E-state index contributed by atoms with van der Waals surface area (Å²) in [6, 6.07) is 33.5. The maximum atomic E-state index is 12.4. The Kier molecular flexibility index (Phi) is 11.1. The van der Waals surface area contributed by atoms with Crippen LogP contribution in [0.2, 0.25) is 0 Å². The molecule has 0 bridgehead atoms. The molecule has 0 atom stereocenters. The minimum atomic E-state index is -0.204. The fraction of sp³-hybridized carbons (Fsp3) is 0.158. The largest absolute Gasteiger partial charge is 0.322 e. The van der Waals surface area contributed by atoms with Crippen LogP contribution >= 0.6 is 23.2 Å². The fourth-order valence-electron chi connectivity index (χ4n) is 5.47. The number of amides is 2. The molecule has 0 aliphatic carbocycles. The summed E-state index contributed by atoms with van der Waals surface area (Å²) < 4.78 is 0. The van der Waals surface area contributed by atoms with Crippen LogP contribution in [0.5, 0.6) is 0 Å². The number of fused-ring (bicyclic) bond motifs is 2. The number of aromatic amines is 2. The summed E-state index contributed by atoms with van der Waals surface area (Å²) >= 11 is 11.6. The third-order valence-corrected chi connectivity index (χ3v) is 8.28. The summed E-state index contributed by atoms with van der Waals surface area (Å²) in [6.07, 6.45) is 0. The molecule has 244 valence electrons. The number of benzene rings is 4. The number of pyridine rings is 2. The van der Waals surface area contributed by atoms with Gasteiger partial charge in [0.25, 0.3) is 0 Å². The number of aryl methyl sites for hydroxylation is 2. The number of carbonyl (C=O) groups excluding carboxylic acids is 2. The van der Waals surface area contributed by atoms with Gasteiger partial charge in [0, 0.05) is 45.3 Å². The molecule has 0 spiro atoms. The van der Waals surface area contributed by atoms with Crippen molar-refractivity contribution in [2.75, 3.05) is 21.6 Å². The minimum Gasteiger partial charge on any atom is -0.322 e. The van der Waals surface area contributed by atoms with Crippen LogP contribution in [0.3, 0.4) is 0 Å². The van der Waals surface area contributed by atoms with Crippen LogP contribution in [-0.2, 0) is 22.7 Å². The van der Waals surface area contributed by atoms with E-state index < -0.39 is 0 Å². The zero-order valence-corrected chi connectivity index (χ0v) is 28.0. The van der Waals surface area contributed by atoms with Crippen LogP contribution in [0.25, 0.3) is 21.8 Å². The van der Waals surface area contributed by atoms with E-state index in [9.17, 15) is 19.2 Å². The molecule has 0 unspecified atom stereocenters. The highest BCUT2D eigenvalue weighted by Crippen LogP contribution is 2.24. The molecule has 6 aromatic rings. The van der Waals surface area contributed by atoms with Crippen LogP contribution in [0.15, 0.2) is 119 Å². The number of para-hydroxylation sites is 2. The zero-order valence-electron chi connectivity index (χ0n) is 26.5. The monoisotopic (exact) mass is 680 g/mol. The average molecular weight is 682 g/mol. The predicted octanol–water partition coefficient (Wildman–Crippen LogP) is 7.22. The van der Waals surface area contributed by atoms with E-state index in [1.54, 1.807) is 9.80 Å². The highest BCUT2D eigenvalue weighted by Gasteiger charge is 2.18. The highest BCUT2D eigenvalue weighted by molar-refractivity contribution is 6.29. The average Bonchev–Trinajstić information content (AvgIpc) is 3.09. The van der Waals surface area contributed by atoms with E-state index in [0.29, 0.717) is 13.1 Å². The number of hydrogen-bond acceptors (Lipinski definition) is 4. The first-order valence-electron chi connectivity index (χ1n) is 15.2. The van der Waals surface area contributed by atoms with Crippen LogP contribution in [0.1, 0.15) is 22.3 Å². The Labute approximate surface area is 287 Å². The minimum absolute atomic E-state index is 0.116. The highest BCUT2D eigenvalue weighted by atomic mass is 35.5. The zero-order chi connectivity index (χ0) is 34.2. The number of carbonyl (C=O) groups is 2. The number of rotatable bonds is 8. The van der Waals surface area contributed by atoms with Crippen molar-refractivity contribution in [1.82, 2.24) is 9.97 Å². The van der Waals surface area contributed by atoms with Crippen LogP contribution in [-0.4, -0.2) is 33.5 Å². The van der Waals surface area contributed by atoms with Crippen molar-refractivity contribution >= 4 is 68.2 Å². The van der Waals surface area contributed by atoms with Crippen molar-refractivity contribution in [3.63, 3.8) is 0 Å². The van der Waals surface area contributed by atoms with E-state index in [4.69, 9.17) is 23.2 Å². The van der Waals surface area contributed by atoms with Crippen LogP contribution < -0.4 is 20.9 Å². The Morgan fingerprint density at radius 2 is 1.04 bits per heavy atom. The molecule has 0 aliphatic heterocycles. The summed E-state index contributed by atoms with van der Waals surface area (Å²) in [4.78, 5) is 57.4. The normalized spacial score (nSPS) is 10.8. The molecular formula is C38H34Cl2N4O4. The molecular weight excluding hydrogens is 647 g/mol. The third-order valence-electron chi connectivity index (χ3n) is 7.82. The van der Waals surface area contributed by atoms with Gasteiger partial charge in [0.05, 0.1) is 13.1 Å². The topological polar surface area (TPSA) is 106 Å². The lowest BCUT2D eigenvalue weighted by atomic mass is 10.1. The molecule has 0 saturated carbocycles. The lowest BCUT2D eigenvalue weighted by Crippen LogP contribution is -2.32. The van der Waals surface area contributed by atoms with E-state index in [1.165, 1.54) is 12.1 Å². The van der Waals surface area contributed by atoms with Crippen molar-refractivity contribution in [2.45, 2.75) is 26.9 Å². The van der Waals surface area contributed by atoms with E-state index >= 15 is 0 Å². The van der Waals surface area contributed by atoms with Gasteiger partial charge in [-0.3, -0.25) is 19.2 Å². The van der Waals surface area contributed by atoms with Gasteiger partial charge in [-0.25, -0.2) is 0 Å². The molecule has 8 nitrogen and oxygen atoms in total. The third kappa shape index (κ3) is 8.20. The van der Waals surface area contributed by atoms with Crippen molar-refractivity contribution < 1.29 is 9.59 Å². The van der Waals surface area contributed by atoms with Crippen molar-refractivity contribution in [1.29, 1.82) is 0 Å². The van der Waals surface area contributed by atoms with Gasteiger partial charge in [-0.2, -0.15) is 0 Å². The van der Waals surface area contributed by atoms with Gasteiger partial charge in [0.2, 0.25) is 22.9 Å². The maximum Gasteiger partial charge on any atom is 0.248 e. The lowest BCUT2D eigenvalue weighted by Gasteiger charge is -2.23. The standard InChI is InChI=1S/2C19H17ClN2O2/c1-13-5-4-6-15(9-13)22(19(24)11-20)12-14-10-18(23)21-17-8-3-2-7-16(14)17;1-13-6-8-15(9-7-13)22(19(24)11-20)12-14-10-18(23)21-17-5-3-2-4-16(14)17/h2*2-10H,11-12H2,1H3,(H,21,23). The molecule has 0 aliphatic rings. The second-order valence-corrected chi connectivity index (χ2v) is 11.8. The van der Waals surface area contributed by atoms with Crippen molar-refractivity contribution in [2.24, 2.45) is 0 Å². The van der Waals surface area contributed by atoms with Crippen molar-refractivity contribution in [3.05, 3.63) is 152 Å². The summed E-state index contributed by atoms with van der Waals surface area (Å²) in [6.45, 7) is 4.54. The molecule has 6 rings (SSSR count). The Bertz CT molecular complexity index is 2190. The SMILES string of the molecule is Cc1ccc(N(Cc2cc(=O)[nH]c3ccccc23)C(=O)CCl)cc1.Cc1cccc(N(Cc2cc(=O)[nH]c3ccccc23)C(=O)CCl)c1. The molecule has 0 saturated heterocycles. The summed E-state index contributed by atoms with van der Waals surface area (Å²) in [5.41, 5.74) is 6.39. The van der Waals surface area contributed by atoms with Gasteiger partial charge < -0.3 is 19.8 Å². The first-order valence-corrected chi connectivity index (χ1v) is 16.3. The van der Waals surface area contributed by atoms with E-state index in [0.717, 1.165) is 55.4 Å². The van der Waals surface area contributed by atoms with Gasteiger partial charge in [-0.1, -0.05) is 66.2 Å². The van der Waals surface area contributed by atoms with E-state index in [-0.39, 0.29) is 34.7 Å². The molecule has 2 heterocycles. The molecule has 0 fully saturated rings. The number of anilines is 2. The molecule has 48 heavy (non-hydrogen) atoms. The second-order valence-electron chi connectivity index (χ2n) is 11.3. The summed E-state index contributed by atoms with van der Waals surface area (Å²) in [5.74, 6) is -0.638. The number of nitrogens with one attached hydrogen (secondary N) is 2. The maximum absolute atomic E-state index is 12.4. The summed E-state index contributed by atoms with van der Waals surface area (Å²) in [5, 5.41) is 1.83. The van der Waals surface area contributed by atoms with Crippen molar-refractivity contribution in [3.8, 4) is 0 Å². The quantitative estimate of drug-likeness (QED) is 0.166. The van der Waals surface area contributed by atoms with Gasteiger partial charge >= 0.3 is 0 Å². The first-order chi connectivity index (χ1) is 23.2. The molecule has 0 radical (unpaired) electrons. The Morgan fingerprint density at radius 3 is 1.52 bits per heavy atom. The smallest absolute Gasteiger partial charge is 0.248 e. The number of aromatic nitrogens is 2. The van der Waals surface area contributed by atoms with E-state index in [2.05, 4.69) is 9.97 Å².